The summed E-state index contributed by atoms with van der Waals surface area (Å²) < 4.78 is 23.1. The molecule has 92 valence electrons. The topological polar surface area (TPSA) is 35.5 Å². The van der Waals surface area contributed by atoms with Gasteiger partial charge in [-0.3, -0.25) is 0 Å². The van der Waals surface area contributed by atoms with Crippen molar-refractivity contribution in [1.29, 1.82) is 0 Å². The molecular formula is C13H15FO3. The summed E-state index contributed by atoms with van der Waals surface area (Å²) in [4.78, 5) is 10.9. The molecule has 0 aromatic heterocycles. The van der Waals surface area contributed by atoms with Gasteiger partial charge in [0.1, 0.15) is 6.61 Å². The molecule has 1 aromatic carbocycles. The maximum atomic E-state index is 13.2. The maximum Gasteiger partial charge on any atom is 0.330 e. The van der Waals surface area contributed by atoms with Gasteiger partial charge in [-0.15, -0.1) is 0 Å². The van der Waals surface area contributed by atoms with E-state index in [1.165, 1.54) is 18.2 Å². The van der Waals surface area contributed by atoms with E-state index < -0.39 is 11.8 Å². The van der Waals surface area contributed by atoms with Crippen LogP contribution in [0.15, 0.2) is 30.4 Å². The third-order valence-electron chi connectivity index (χ3n) is 1.96. The summed E-state index contributed by atoms with van der Waals surface area (Å²) in [7, 11) is 0. The lowest BCUT2D eigenvalue weighted by Crippen LogP contribution is -2.01. The largest absolute Gasteiger partial charge is 0.486 e. The molecule has 0 bridgehead atoms. The lowest BCUT2D eigenvalue weighted by Gasteiger charge is -2.05. The van der Waals surface area contributed by atoms with E-state index in [0.717, 1.165) is 5.56 Å². The van der Waals surface area contributed by atoms with Crippen LogP contribution in [0.1, 0.15) is 12.5 Å². The van der Waals surface area contributed by atoms with Gasteiger partial charge in [-0.1, -0.05) is 6.07 Å². The molecule has 0 saturated carbocycles. The molecule has 3 nitrogen and oxygen atoms in total. The van der Waals surface area contributed by atoms with Crippen LogP contribution in [0, 0.1) is 12.7 Å². The molecule has 1 aromatic rings. The zero-order valence-corrected chi connectivity index (χ0v) is 9.90. The third kappa shape index (κ3) is 4.68. The smallest absolute Gasteiger partial charge is 0.330 e. The lowest BCUT2D eigenvalue weighted by molar-refractivity contribution is -0.137. The predicted octanol–water partition coefficient (Wildman–Crippen LogP) is 2.63. The zero-order valence-electron chi connectivity index (χ0n) is 9.90. The number of halogens is 1. The summed E-state index contributed by atoms with van der Waals surface area (Å²) >= 11 is 0. The van der Waals surface area contributed by atoms with Crippen LogP contribution in [0.5, 0.6) is 5.75 Å². The molecule has 0 amide bonds. The number of hydrogen-bond donors (Lipinski definition) is 0. The Labute approximate surface area is 99.9 Å². The number of esters is 1. The molecule has 0 aliphatic rings. The van der Waals surface area contributed by atoms with Gasteiger partial charge in [0.25, 0.3) is 0 Å². The van der Waals surface area contributed by atoms with Crippen molar-refractivity contribution >= 4 is 5.97 Å². The van der Waals surface area contributed by atoms with E-state index >= 15 is 0 Å². The summed E-state index contributed by atoms with van der Waals surface area (Å²) in [5, 5.41) is 0. The van der Waals surface area contributed by atoms with E-state index in [0.29, 0.717) is 6.61 Å². The Hall–Kier alpha value is -1.84. The number of rotatable bonds is 5. The van der Waals surface area contributed by atoms with Crippen LogP contribution in [-0.4, -0.2) is 19.2 Å². The first-order chi connectivity index (χ1) is 8.13. The first kappa shape index (κ1) is 13.2. The standard InChI is InChI=1S/C13H15FO3/c1-3-16-13(15)5-4-8-17-12-9-10(2)6-7-11(12)14/h4-7,9H,3,8H2,1-2H3/b5-4+. The molecule has 0 aliphatic heterocycles. The second kappa shape index (κ2) is 6.68. The van der Waals surface area contributed by atoms with Crippen molar-refractivity contribution in [3.8, 4) is 5.75 Å². The third-order valence-corrected chi connectivity index (χ3v) is 1.96. The quantitative estimate of drug-likeness (QED) is 0.584. The second-order valence-electron chi connectivity index (χ2n) is 3.40. The molecule has 0 atom stereocenters. The Bertz CT molecular complexity index is 413. The van der Waals surface area contributed by atoms with Crippen LogP contribution >= 0.6 is 0 Å². The van der Waals surface area contributed by atoms with Gasteiger partial charge in [0, 0.05) is 6.08 Å². The number of benzene rings is 1. The van der Waals surface area contributed by atoms with Crippen molar-refractivity contribution in [2.75, 3.05) is 13.2 Å². The molecule has 1 rings (SSSR count). The van der Waals surface area contributed by atoms with E-state index in [1.807, 2.05) is 6.92 Å². The van der Waals surface area contributed by atoms with Crippen LogP contribution in [0.2, 0.25) is 0 Å². The highest BCUT2D eigenvalue weighted by Gasteiger charge is 2.02. The van der Waals surface area contributed by atoms with Crippen molar-refractivity contribution in [3.63, 3.8) is 0 Å². The summed E-state index contributed by atoms with van der Waals surface area (Å²) in [6.45, 7) is 4.03. The van der Waals surface area contributed by atoms with Crippen molar-refractivity contribution in [3.05, 3.63) is 41.7 Å². The normalized spacial score (nSPS) is 10.5. The average Bonchev–Trinajstić information content (AvgIpc) is 2.29. The van der Waals surface area contributed by atoms with Crippen molar-refractivity contribution in [2.24, 2.45) is 0 Å². The minimum Gasteiger partial charge on any atom is -0.486 e. The van der Waals surface area contributed by atoms with Crippen LogP contribution < -0.4 is 4.74 Å². The first-order valence-electron chi connectivity index (χ1n) is 5.35. The highest BCUT2D eigenvalue weighted by Crippen LogP contribution is 2.18. The van der Waals surface area contributed by atoms with Crippen LogP contribution in [0.25, 0.3) is 0 Å². The molecule has 0 aliphatic carbocycles. The molecule has 17 heavy (non-hydrogen) atoms. The van der Waals surface area contributed by atoms with E-state index in [9.17, 15) is 9.18 Å². The van der Waals surface area contributed by atoms with Gasteiger partial charge in [0.05, 0.1) is 6.61 Å². The number of ether oxygens (including phenoxy) is 2. The predicted molar refractivity (Wildman–Crippen MR) is 62.4 cm³/mol. The van der Waals surface area contributed by atoms with E-state index in [2.05, 4.69) is 4.74 Å². The monoisotopic (exact) mass is 238 g/mol. The molecule has 0 N–H and O–H groups in total. The Morgan fingerprint density at radius 3 is 2.94 bits per heavy atom. The van der Waals surface area contributed by atoms with Crippen LogP contribution in [-0.2, 0) is 9.53 Å². The van der Waals surface area contributed by atoms with E-state index in [-0.39, 0.29) is 12.4 Å². The van der Waals surface area contributed by atoms with Crippen LogP contribution in [0.3, 0.4) is 0 Å². The second-order valence-corrected chi connectivity index (χ2v) is 3.40. The molecular weight excluding hydrogens is 223 g/mol. The van der Waals surface area contributed by atoms with Gasteiger partial charge in [0.2, 0.25) is 0 Å². The Morgan fingerprint density at radius 2 is 2.24 bits per heavy atom. The van der Waals surface area contributed by atoms with Gasteiger partial charge in [-0.2, -0.15) is 0 Å². The summed E-state index contributed by atoms with van der Waals surface area (Å²) in [5.41, 5.74) is 0.913. The number of aryl methyl sites for hydroxylation is 1. The first-order valence-corrected chi connectivity index (χ1v) is 5.35. The minimum atomic E-state index is -0.430. The number of carbonyl (C=O) groups excluding carboxylic acids is 1. The van der Waals surface area contributed by atoms with Gasteiger partial charge >= 0.3 is 5.97 Å². The molecule has 0 heterocycles. The fourth-order valence-electron chi connectivity index (χ4n) is 1.19. The highest BCUT2D eigenvalue weighted by atomic mass is 19.1. The molecule has 0 fully saturated rings. The Kier molecular flexibility index (Phi) is 5.20. The SMILES string of the molecule is CCOC(=O)/C=C/COc1cc(C)ccc1F. The Balaban J connectivity index is 2.45. The van der Waals surface area contributed by atoms with Crippen LogP contribution in [0.4, 0.5) is 4.39 Å². The number of hydrogen-bond acceptors (Lipinski definition) is 3. The Morgan fingerprint density at radius 1 is 1.47 bits per heavy atom. The van der Waals surface area contributed by atoms with Gasteiger partial charge in [0.15, 0.2) is 11.6 Å². The lowest BCUT2D eigenvalue weighted by atomic mass is 10.2. The van der Waals surface area contributed by atoms with Crippen molar-refractivity contribution in [1.82, 2.24) is 0 Å². The van der Waals surface area contributed by atoms with Crippen molar-refractivity contribution in [2.45, 2.75) is 13.8 Å². The summed E-state index contributed by atoms with van der Waals surface area (Å²) in [6, 6.07) is 4.61. The molecule has 0 radical (unpaired) electrons. The van der Waals surface area contributed by atoms with Gasteiger partial charge in [-0.05, 0) is 37.6 Å². The molecule has 0 spiro atoms. The zero-order chi connectivity index (χ0) is 12.7. The number of carbonyl (C=O) groups is 1. The summed E-state index contributed by atoms with van der Waals surface area (Å²) in [6.07, 6.45) is 2.75. The van der Waals surface area contributed by atoms with E-state index in [4.69, 9.17) is 4.74 Å². The fourth-order valence-corrected chi connectivity index (χ4v) is 1.19. The average molecular weight is 238 g/mol. The van der Waals surface area contributed by atoms with Crippen molar-refractivity contribution < 1.29 is 18.7 Å². The molecule has 0 unspecified atom stereocenters. The molecule has 4 heteroatoms. The maximum absolute atomic E-state index is 13.2. The summed E-state index contributed by atoms with van der Waals surface area (Å²) in [5.74, 6) is -0.667. The van der Waals surface area contributed by atoms with E-state index in [1.54, 1.807) is 19.1 Å². The minimum absolute atomic E-state index is 0.124. The van der Waals surface area contributed by atoms with Gasteiger partial charge < -0.3 is 9.47 Å². The molecule has 0 saturated heterocycles. The fraction of sp³-hybridized carbons (Fsp3) is 0.308. The highest BCUT2D eigenvalue weighted by molar-refractivity contribution is 5.81. The van der Waals surface area contributed by atoms with Gasteiger partial charge in [-0.25, -0.2) is 9.18 Å².